The average molecular weight is 420 g/mol. The minimum Gasteiger partial charge on any atom is -0.467 e. The zero-order chi connectivity index (χ0) is 21.3. The van der Waals surface area contributed by atoms with Crippen LogP contribution in [0.3, 0.4) is 0 Å². The largest absolute Gasteiger partial charge is 0.467 e. The minimum atomic E-state index is -0.658. The van der Waals surface area contributed by atoms with Crippen molar-refractivity contribution in [3.8, 4) is 5.75 Å². The molecule has 2 aromatic rings. The zero-order valence-electron chi connectivity index (χ0n) is 17.8. The predicted octanol–water partition coefficient (Wildman–Crippen LogP) is 3.01. The van der Waals surface area contributed by atoms with Gasteiger partial charge in [0, 0.05) is 44.9 Å². The van der Waals surface area contributed by atoms with Crippen LogP contribution in [0.2, 0.25) is 0 Å². The second-order valence-electron chi connectivity index (χ2n) is 8.91. The maximum absolute atomic E-state index is 13.0. The maximum Gasteiger partial charge on any atom is 0.258 e. The van der Waals surface area contributed by atoms with Crippen molar-refractivity contribution in [1.82, 2.24) is 15.1 Å². The van der Waals surface area contributed by atoms with Crippen LogP contribution in [0.1, 0.15) is 47.5 Å². The van der Waals surface area contributed by atoms with Gasteiger partial charge in [-0.2, -0.15) is 0 Å². The number of fused-ring (bicyclic) bond motifs is 1. The number of ether oxygens (including phenoxy) is 1. The minimum absolute atomic E-state index is 0.0772. The number of carbonyl (C=O) groups is 2. The molecule has 5 rings (SSSR count). The summed E-state index contributed by atoms with van der Waals surface area (Å²) in [5, 5.41) is 3.07. The lowest BCUT2D eigenvalue weighted by molar-refractivity contribution is -0.134. The van der Waals surface area contributed by atoms with Gasteiger partial charge in [-0.05, 0) is 30.5 Å². The van der Waals surface area contributed by atoms with Crippen molar-refractivity contribution in [3.63, 3.8) is 0 Å². The Morgan fingerprint density at radius 3 is 2.58 bits per heavy atom. The molecule has 0 unspecified atom stereocenters. The van der Waals surface area contributed by atoms with Crippen LogP contribution in [0.4, 0.5) is 0 Å². The van der Waals surface area contributed by atoms with Gasteiger partial charge < -0.3 is 15.0 Å². The van der Waals surface area contributed by atoms with E-state index in [0.717, 1.165) is 39.0 Å². The van der Waals surface area contributed by atoms with E-state index < -0.39 is 5.72 Å². The van der Waals surface area contributed by atoms with E-state index in [2.05, 4.69) is 34.5 Å². The van der Waals surface area contributed by atoms with Crippen LogP contribution < -0.4 is 10.1 Å². The summed E-state index contributed by atoms with van der Waals surface area (Å²) in [6.07, 6.45) is 3.53. The molecule has 2 aromatic carbocycles. The van der Waals surface area contributed by atoms with Crippen LogP contribution in [0.5, 0.6) is 5.75 Å². The fraction of sp³-hybridized carbons (Fsp3) is 0.440. The van der Waals surface area contributed by atoms with Gasteiger partial charge in [-0.25, -0.2) is 0 Å². The molecule has 0 aromatic heterocycles. The summed E-state index contributed by atoms with van der Waals surface area (Å²) in [6, 6.07) is 17.9. The first kappa shape index (κ1) is 20.1. The number of nitrogens with one attached hydrogen (secondary N) is 1. The van der Waals surface area contributed by atoms with Gasteiger partial charge in [0.2, 0.25) is 5.91 Å². The summed E-state index contributed by atoms with van der Waals surface area (Å²) >= 11 is 0. The van der Waals surface area contributed by atoms with E-state index in [-0.39, 0.29) is 11.8 Å². The Labute approximate surface area is 183 Å². The van der Waals surface area contributed by atoms with E-state index in [0.29, 0.717) is 36.6 Å². The lowest BCUT2D eigenvalue weighted by Gasteiger charge is -2.44. The number of carbonyl (C=O) groups excluding carboxylic acids is 2. The Kier molecular flexibility index (Phi) is 5.40. The van der Waals surface area contributed by atoms with E-state index in [1.165, 1.54) is 5.56 Å². The van der Waals surface area contributed by atoms with Gasteiger partial charge in [-0.15, -0.1) is 0 Å². The SMILES string of the molecule is O=C1NC2(CCN(CC(=O)N3CCC[C@H](c4ccccc4)C3)CC2)Oc2ccccc21. The van der Waals surface area contributed by atoms with E-state index in [1.54, 1.807) is 6.07 Å². The van der Waals surface area contributed by atoms with Crippen LogP contribution in [-0.4, -0.2) is 60.1 Å². The first-order valence-corrected chi connectivity index (χ1v) is 11.3. The summed E-state index contributed by atoms with van der Waals surface area (Å²) in [5.41, 5.74) is 1.25. The third-order valence-corrected chi connectivity index (χ3v) is 6.85. The standard InChI is InChI=1S/C25H29N3O3/c29-23(28-14-6-9-20(17-28)19-7-2-1-3-8-19)18-27-15-12-25(13-16-27)26-24(30)21-10-4-5-11-22(21)31-25/h1-5,7-8,10-11,20H,6,9,12-18H2,(H,26,30)/t20-/m0/s1. The van der Waals surface area contributed by atoms with Crippen molar-refractivity contribution in [1.29, 1.82) is 0 Å². The molecule has 6 heteroatoms. The predicted molar refractivity (Wildman–Crippen MR) is 118 cm³/mol. The molecule has 2 fully saturated rings. The van der Waals surface area contributed by atoms with Crippen molar-refractivity contribution in [2.45, 2.75) is 37.3 Å². The first-order valence-electron chi connectivity index (χ1n) is 11.3. The average Bonchev–Trinajstić information content (AvgIpc) is 2.81. The van der Waals surface area contributed by atoms with Crippen molar-refractivity contribution in [2.24, 2.45) is 0 Å². The van der Waals surface area contributed by atoms with Crippen LogP contribution in [-0.2, 0) is 4.79 Å². The Morgan fingerprint density at radius 2 is 1.77 bits per heavy atom. The fourth-order valence-electron chi connectivity index (χ4n) is 5.05. The molecule has 1 atom stereocenters. The van der Waals surface area contributed by atoms with Crippen LogP contribution >= 0.6 is 0 Å². The third kappa shape index (κ3) is 4.17. The third-order valence-electron chi connectivity index (χ3n) is 6.85. The quantitative estimate of drug-likeness (QED) is 0.831. The van der Waals surface area contributed by atoms with Gasteiger partial charge in [0.05, 0.1) is 12.1 Å². The second-order valence-corrected chi connectivity index (χ2v) is 8.91. The Bertz CT molecular complexity index is 953. The number of piperidine rings is 2. The molecule has 3 aliphatic rings. The number of rotatable bonds is 3. The van der Waals surface area contributed by atoms with E-state index in [1.807, 2.05) is 29.2 Å². The second kappa shape index (κ2) is 8.35. The molecule has 3 heterocycles. The Balaban J connectivity index is 1.17. The summed E-state index contributed by atoms with van der Waals surface area (Å²) < 4.78 is 6.21. The summed E-state index contributed by atoms with van der Waals surface area (Å²) in [4.78, 5) is 29.7. The molecule has 162 valence electrons. The number of para-hydroxylation sites is 1. The Hall–Kier alpha value is -2.86. The molecular weight excluding hydrogens is 390 g/mol. The number of likely N-dealkylation sites (tertiary alicyclic amines) is 2. The van der Waals surface area contributed by atoms with Gasteiger partial charge in [-0.1, -0.05) is 42.5 Å². The highest BCUT2D eigenvalue weighted by atomic mass is 16.5. The molecule has 0 saturated carbocycles. The molecule has 1 N–H and O–H groups in total. The highest BCUT2D eigenvalue weighted by molar-refractivity contribution is 5.98. The number of nitrogens with zero attached hydrogens (tertiary/aromatic N) is 2. The lowest BCUT2D eigenvalue weighted by atomic mass is 9.90. The summed E-state index contributed by atoms with van der Waals surface area (Å²) in [5.74, 6) is 1.20. The summed E-state index contributed by atoms with van der Waals surface area (Å²) in [6.45, 7) is 3.53. The highest BCUT2D eigenvalue weighted by Crippen LogP contribution is 2.33. The van der Waals surface area contributed by atoms with Crippen LogP contribution in [0, 0.1) is 0 Å². The molecule has 0 radical (unpaired) electrons. The molecule has 0 aliphatic carbocycles. The zero-order valence-corrected chi connectivity index (χ0v) is 17.8. The molecule has 6 nitrogen and oxygen atoms in total. The maximum atomic E-state index is 13.0. The van der Waals surface area contributed by atoms with E-state index >= 15 is 0 Å². The van der Waals surface area contributed by atoms with Gasteiger partial charge >= 0.3 is 0 Å². The summed E-state index contributed by atoms with van der Waals surface area (Å²) in [7, 11) is 0. The lowest BCUT2D eigenvalue weighted by Crippen LogP contribution is -2.61. The monoisotopic (exact) mass is 419 g/mol. The van der Waals surface area contributed by atoms with E-state index in [4.69, 9.17) is 4.74 Å². The van der Waals surface area contributed by atoms with Crippen LogP contribution in [0.15, 0.2) is 54.6 Å². The molecule has 3 aliphatic heterocycles. The van der Waals surface area contributed by atoms with Crippen molar-refractivity contribution < 1.29 is 14.3 Å². The van der Waals surface area contributed by atoms with Gasteiger partial charge in [0.1, 0.15) is 5.75 Å². The molecule has 1 spiro atoms. The van der Waals surface area contributed by atoms with Gasteiger partial charge in [-0.3, -0.25) is 14.5 Å². The smallest absolute Gasteiger partial charge is 0.258 e. The number of hydrogen-bond donors (Lipinski definition) is 1. The molecule has 2 saturated heterocycles. The fourth-order valence-corrected chi connectivity index (χ4v) is 5.05. The molecular formula is C25H29N3O3. The first-order chi connectivity index (χ1) is 15.1. The molecule has 0 bridgehead atoms. The van der Waals surface area contributed by atoms with Crippen molar-refractivity contribution >= 4 is 11.8 Å². The van der Waals surface area contributed by atoms with Crippen molar-refractivity contribution in [2.75, 3.05) is 32.7 Å². The molecule has 31 heavy (non-hydrogen) atoms. The van der Waals surface area contributed by atoms with Crippen LogP contribution in [0.25, 0.3) is 0 Å². The number of benzene rings is 2. The Morgan fingerprint density at radius 1 is 1.03 bits per heavy atom. The normalized spacial score (nSPS) is 23.0. The topological polar surface area (TPSA) is 61.9 Å². The number of amides is 2. The van der Waals surface area contributed by atoms with E-state index in [9.17, 15) is 9.59 Å². The number of hydrogen-bond acceptors (Lipinski definition) is 4. The highest BCUT2D eigenvalue weighted by Gasteiger charge is 2.42. The molecule has 2 amide bonds. The van der Waals surface area contributed by atoms with Crippen molar-refractivity contribution in [3.05, 3.63) is 65.7 Å². The van der Waals surface area contributed by atoms with Gasteiger partial charge in [0.15, 0.2) is 5.72 Å². The van der Waals surface area contributed by atoms with Gasteiger partial charge in [0.25, 0.3) is 5.91 Å².